The maximum Gasteiger partial charge on any atom is 0.258 e. The number of carbonyl (C=O) groups excluding carboxylic acids is 1. The number of nitrogen functional groups attached to an aromatic ring is 1. The van der Waals surface area contributed by atoms with Crippen molar-refractivity contribution in [2.24, 2.45) is 0 Å². The maximum atomic E-state index is 13.5. The van der Waals surface area contributed by atoms with Crippen molar-refractivity contribution in [3.8, 4) is 17.0 Å². The van der Waals surface area contributed by atoms with Crippen LogP contribution in [0.2, 0.25) is 0 Å². The number of benzene rings is 4. The number of nitrogens with one attached hydrogen (secondary N) is 1. The Morgan fingerprint density at radius 1 is 1.00 bits per heavy atom. The largest absolute Gasteiger partial charge is 0.507 e. The van der Waals surface area contributed by atoms with Crippen LogP contribution in [0.1, 0.15) is 35.3 Å². The minimum atomic E-state index is -0.0633. The smallest absolute Gasteiger partial charge is 0.258 e. The molecule has 1 aliphatic heterocycles. The second kappa shape index (κ2) is 12.1. The van der Waals surface area contributed by atoms with E-state index in [-0.39, 0.29) is 11.7 Å². The number of aromatic nitrogens is 1. The maximum absolute atomic E-state index is 13.5. The van der Waals surface area contributed by atoms with E-state index >= 15 is 0 Å². The summed E-state index contributed by atoms with van der Waals surface area (Å²) in [4.78, 5) is 18.7. The average molecular weight is 540 g/mol. The van der Waals surface area contributed by atoms with E-state index in [4.69, 9.17) is 5.73 Å². The summed E-state index contributed by atoms with van der Waals surface area (Å²) in [6.07, 6.45) is 6.24. The number of anilines is 2. The van der Waals surface area contributed by atoms with Gasteiger partial charge in [-0.25, -0.2) is 0 Å². The first-order valence-electron chi connectivity index (χ1n) is 12.9. The topological polar surface area (TPSA) is 82.3 Å². The highest BCUT2D eigenvalue weighted by Crippen LogP contribution is 2.41. The number of allylic oxidation sites excluding steroid dienone is 2. The Labute approximate surface area is 234 Å². The zero-order chi connectivity index (χ0) is 28.1. The number of fused-ring (bicyclic) bond motifs is 4. The van der Waals surface area contributed by atoms with E-state index in [9.17, 15) is 9.90 Å². The molecule has 0 unspecified atom stereocenters. The summed E-state index contributed by atoms with van der Waals surface area (Å²) in [5, 5.41) is 13.6. The number of nitrogens with two attached hydrogens (primary N) is 1. The number of phenolic OH excluding ortho intramolecular Hbond substituents is 1. The van der Waals surface area contributed by atoms with Crippen LogP contribution >= 0.6 is 11.6 Å². The van der Waals surface area contributed by atoms with Gasteiger partial charge in [-0.1, -0.05) is 48.6 Å². The molecular weight excluding hydrogens is 506 g/mol. The number of hydrogen-bond donors (Lipinski definition) is 3. The van der Waals surface area contributed by atoms with Crippen LogP contribution in [-0.4, -0.2) is 28.9 Å². The van der Waals surface area contributed by atoms with Gasteiger partial charge in [-0.05, 0) is 79.6 Å². The Morgan fingerprint density at radius 3 is 2.41 bits per heavy atom. The zero-order valence-corrected chi connectivity index (χ0v) is 23.5. The monoisotopic (exact) mass is 539 g/mol. The Morgan fingerprint density at radius 2 is 1.72 bits per heavy atom. The molecule has 0 spiro atoms. The summed E-state index contributed by atoms with van der Waals surface area (Å²) >= 11 is 4.64. The SMILES string of the molecule is C/C=C\C.CCl.Cc1cccc2c(O)cc3c(c12)CCN3C(=O)c1ccc2cc(-c3ccc(N)cc3)[nH]c2c1. The number of aryl methyl sites for hydroxylation is 1. The standard InChI is InChI=1S/C28H23N3O2.C4H8.CH3Cl/c1-16-3-2-4-22-26(32)15-25-21(27(16)22)11-12-31(25)28(33)19-6-5-18-13-23(30-24(18)14-19)17-7-9-20(29)10-8-17;1-3-4-2;1-2/h2-10,13-15,30,32H,11-12,29H2,1H3;3-4H,1-2H3;1H3/b;4-3-;. The van der Waals surface area contributed by atoms with E-state index in [0.717, 1.165) is 61.9 Å². The van der Waals surface area contributed by atoms with Crippen LogP contribution < -0.4 is 10.6 Å². The van der Waals surface area contributed by atoms with Gasteiger partial charge in [0, 0.05) is 52.2 Å². The number of hydrogen-bond acceptors (Lipinski definition) is 3. The van der Waals surface area contributed by atoms with Gasteiger partial charge in [-0.15, -0.1) is 11.6 Å². The molecule has 0 fully saturated rings. The summed E-state index contributed by atoms with van der Waals surface area (Å²) in [5.41, 5.74) is 13.1. The Bertz CT molecular complexity index is 1650. The Kier molecular flexibility index (Phi) is 8.62. The van der Waals surface area contributed by atoms with E-state index in [1.165, 1.54) is 6.38 Å². The molecule has 5 nitrogen and oxygen atoms in total. The second-order valence-electron chi connectivity index (χ2n) is 9.37. The molecule has 0 bridgehead atoms. The van der Waals surface area contributed by atoms with Crippen LogP contribution in [0.3, 0.4) is 0 Å². The lowest BCUT2D eigenvalue weighted by molar-refractivity contribution is 0.0989. The van der Waals surface area contributed by atoms with Gasteiger partial charge in [0.2, 0.25) is 0 Å². The van der Waals surface area contributed by atoms with Crippen LogP contribution in [0.4, 0.5) is 11.4 Å². The number of amides is 1. The van der Waals surface area contributed by atoms with E-state index < -0.39 is 0 Å². The van der Waals surface area contributed by atoms with E-state index in [2.05, 4.69) is 22.7 Å². The first-order chi connectivity index (χ1) is 18.9. The highest BCUT2D eigenvalue weighted by Gasteiger charge is 2.29. The second-order valence-corrected chi connectivity index (χ2v) is 9.37. The number of H-pyrrole nitrogens is 1. The van der Waals surface area contributed by atoms with Crippen molar-refractivity contribution in [1.29, 1.82) is 0 Å². The molecule has 0 saturated heterocycles. The number of phenols is 1. The van der Waals surface area contributed by atoms with Gasteiger partial charge in [-0.2, -0.15) is 0 Å². The summed E-state index contributed by atoms with van der Waals surface area (Å²) in [7, 11) is 0. The van der Waals surface area contributed by atoms with Crippen LogP contribution in [0.25, 0.3) is 32.9 Å². The lowest BCUT2D eigenvalue weighted by atomic mass is 9.97. The van der Waals surface area contributed by atoms with Crippen molar-refractivity contribution in [1.82, 2.24) is 4.98 Å². The number of alkyl halides is 1. The number of halogens is 1. The third-order valence-electron chi connectivity index (χ3n) is 6.98. The van der Waals surface area contributed by atoms with Gasteiger partial charge in [0.1, 0.15) is 5.75 Å². The third-order valence-corrected chi connectivity index (χ3v) is 6.98. The minimum absolute atomic E-state index is 0.0633. The fourth-order valence-corrected chi connectivity index (χ4v) is 4.99. The summed E-state index contributed by atoms with van der Waals surface area (Å²) in [6.45, 7) is 6.64. The van der Waals surface area contributed by atoms with Crippen LogP contribution in [-0.2, 0) is 6.42 Å². The summed E-state index contributed by atoms with van der Waals surface area (Å²) < 4.78 is 0. The van der Waals surface area contributed by atoms with Gasteiger partial charge in [0.15, 0.2) is 0 Å². The normalized spacial score (nSPS) is 12.2. The third kappa shape index (κ3) is 5.50. The van der Waals surface area contributed by atoms with E-state index in [1.807, 2.05) is 93.6 Å². The molecule has 1 aliphatic rings. The molecule has 0 saturated carbocycles. The highest BCUT2D eigenvalue weighted by atomic mass is 35.5. The fraction of sp³-hybridized carbons (Fsp3) is 0.182. The van der Waals surface area contributed by atoms with E-state index in [1.54, 1.807) is 11.0 Å². The minimum Gasteiger partial charge on any atom is -0.507 e. The van der Waals surface area contributed by atoms with Gasteiger partial charge >= 0.3 is 0 Å². The lowest BCUT2D eigenvalue weighted by Gasteiger charge is -2.19. The zero-order valence-electron chi connectivity index (χ0n) is 22.8. The number of aromatic hydroxyl groups is 1. The van der Waals surface area contributed by atoms with Crippen molar-refractivity contribution in [2.75, 3.05) is 23.6 Å². The molecule has 1 aromatic heterocycles. The van der Waals surface area contributed by atoms with Crippen LogP contribution in [0, 0.1) is 6.92 Å². The van der Waals surface area contributed by atoms with Gasteiger partial charge in [-0.3, -0.25) is 4.79 Å². The average Bonchev–Trinajstić information content (AvgIpc) is 3.58. The van der Waals surface area contributed by atoms with Crippen molar-refractivity contribution >= 4 is 50.6 Å². The van der Waals surface area contributed by atoms with Gasteiger partial charge in [0.25, 0.3) is 5.91 Å². The van der Waals surface area contributed by atoms with Gasteiger partial charge < -0.3 is 20.7 Å². The Balaban J connectivity index is 0.000000541. The molecule has 2 heterocycles. The quantitative estimate of drug-likeness (QED) is 0.120. The summed E-state index contributed by atoms with van der Waals surface area (Å²) in [6, 6.07) is 23.2. The first-order valence-corrected chi connectivity index (χ1v) is 13.7. The molecule has 1 amide bonds. The number of rotatable bonds is 2. The van der Waals surface area contributed by atoms with Crippen molar-refractivity contribution in [2.45, 2.75) is 27.2 Å². The van der Waals surface area contributed by atoms with Crippen LogP contribution in [0.5, 0.6) is 5.75 Å². The van der Waals surface area contributed by atoms with Crippen LogP contribution in [0.15, 0.2) is 84.9 Å². The molecule has 6 heteroatoms. The molecule has 5 aromatic rings. The molecular formula is C33H34ClN3O2. The van der Waals surface area contributed by atoms with Crippen molar-refractivity contribution in [3.63, 3.8) is 0 Å². The molecule has 0 atom stereocenters. The molecule has 0 radical (unpaired) electrons. The first kappa shape index (κ1) is 27.8. The van der Waals surface area contributed by atoms with Crippen molar-refractivity contribution in [3.05, 3.63) is 102 Å². The number of nitrogens with zero attached hydrogens (tertiary/aromatic N) is 1. The molecule has 4 N–H and O–H groups in total. The highest BCUT2D eigenvalue weighted by molar-refractivity contribution is 6.15. The van der Waals surface area contributed by atoms with Gasteiger partial charge in [0.05, 0.1) is 5.69 Å². The Hall–Kier alpha value is -4.22. The number of aromatic amines is 1. The molecule has 0 aliphatic carbocycles. The fourth-order valence-electron chi connectivity index (χ4n) is 4.99. The molecule has 4 aromatic carbocycles. The lowest BCUT2D eigenvalue weighted by Crippen LogP contribution is -2.28. The van der Waals surface area contributed by atoms with E-state index in [0.29, 0.717) is 12.1 Å². The molecule has 200 valence electrons. The van der Waals surface area contributed by atoms with Crippen molar-refractivity contribution < 1.29 is 9.90 Å². The molecule has 6 rings (SSSR count). The number of carbonyl (C=O) groups is 1. The predicted molar refractivity (Wildman–Crippen MR) is 166 cm³/mol. The summed E-state index contributed by atoms with van der Waals surface area (Å²) in [5.74, 6) is 0.145. The predicted octanol–water partition coefficient (Wildman–Crippen LogP) is 8.22. The molecule has 39 heavy (non-hydrogen) atoms.